The molecule has 2 aromatic heterocycles. The van der Waals surface area contributed by atoms with Crippen molar-refractivity contribution in [2.24, 2.45) is 0 Å². The van der Waals surface area contributed by atoms with E-state index in [1.54, 1.807) is 0 Å². The first-order valence-electron chi connectivity index (χ1n) is 6.05. The number of aryl methyl sites for hydroxylation is 1. The minimum absolute atomic E-state index is 0.778. The maximum absolute atomic E-state index is 5.34. The van der Waals surface area contributed by atoms with Crippen LogP contribution < -0.4 is 4.90 Å². The zero-order valence-electron chi connectivity index (χ0n) is 9.94. The van der Waals surface area contributed by atoms with E-state index in [0.717, 1.165) is 55.3 Å². The van der Waals surface area contributed by atoms with Gasteiger partial charge in [-0.05, 0) is 18.6 Å². The van der Waals surface area contributed by atoms with Gasteiger partial charge >= 0.3 is 0 Å². The number of rotatable bonds is 2. The van der Waals surface area contributed by atoms with Gasteiger partial charge < -0.3 is 9.64 Å². The van der Waals surface area contributed by atoms with E-state index in [-0.39, 0.29) is 0 Å². The highest BCUT2D eigenvalue weighted by Gasteiger charge is 2.14. The predicted octanol–water partition coefficient (Wildman–Crippen LogP) is 1.36. The Morgan fingerprint density at radius 3 is 2.94 bits per heavy atom. The van der Waals surface area contributed by atoms with Crippen LogP contribution in [0.1, 0.15) is 12.6 Å². The van der Waals surface area contributed by atoms with Crippen LogP contribution in [0.2, 0.25) is 0 Å². The number of hydrogen-bond acceptors (Lipinski definition) is 4. The van der Waals surface area contributed by atoms with Crippen LogP contribution in [0, 0.1) is 0 Å². The normalized spacial score (nSPS) is 16.6. The zero-order valence-corrected chi connectivity index (χ0v) is 9.94. The van der Waals surface area contributed by atoms with Crippen molar-refractivity contribution >= 4 is 16.9 Å². The van der Waals surface area contributed by atoms with E-state index >= 15 is 0 Å². The average molecular weight is 232 g/mol. The van der Waals surface area contributed by atoms with Crippen LogP contribution in [0.4, 0.5) is 5.82 Å². The third kappa shape index (κ3) is 1.86. The van der Waals surface area contributed by atoms with Gasteiger partial charge in [0.1, 0.15) is 5.82 Å². The Morgan fingerprint density at radius 1 is 1.35 bits per heavy atom. The number of fused-ring (bicyclic) bond motifs is 1. The van der Waals surface area contributed by atoms with E-state index in [2.05, 4.69) is 39.1 Å². The van der Waals surface area contributed by atoms with Crippen molar-refractivity contribution in [3.05, 3.63) is 17.8 Å². The average Bonchev–Trinajstić information content (AvgIpc) is 2.81. The first-order chi connectivity index (χ1) is 8.38. The van der Waals surface area contributed by atoms with Gasteiger partial charge in [-0.2, -0.15) is 5.10 Å². The summed E-state index contributed by atoms with van der Waals surface area (Å²) in [5.41, 5.74) is 1.96. The zero-order chi connectivity index (χ0) is 11.7. The van der Waals surface area contributed by atoms with Crippen molar-refractivity contribution in [1.29, 1.82) is 0 Å². The van der Waals surface area contributed by atoms with Gasteiger partial charge in [-0.25, -0.2) is 4.98 Å². The maximum atomic E-state index is 5.34. The van der Waals surface area contributed by atoms with Crippen LogP contribution in [0.5, 0.6) is 0 Å². The number of H-pyrrole nitrogens is 1. The molecule has 0 saturated carbocycles. The fourth-order valence-electron chi connectivity index (χ4n) is 2.18. The van der Waals surface area contributed by atoms with Crippen molar-refractivity contribution in [2.75, 3.05) is 31.2 Å². The first-order valence-corrected chi connectivity index (χ1v) is 6.05. The maximum Gasteiger partial charge on any atom is 0.183 e. The molecule has 0 aromatic carbocycles. The smallest absolute Gasteiger partial charge is 0.183 e. The molecule has 0 radical (unpaired) electrons. The van der Waals surface area contributed by atoms with Crippen molar-refractivity contribution < 1.29 is 4.74 Å². The summed E-state index contributed by atoms with van der Waals surface area (Å²) in [5, 5.41) is 8.42. The Labute approximate surface area is 99.8 Å². The SMILES string of the molecule is CCc1[nH]nc2nc(N3CCOCC3)ccc12. The summed E-state index contributed by atoms with van der Waals surface area (Å²) in [6, 6.07) is 4.18. The number of nitrogens with one attached hydrogen (secondary N) is 1. The summed E-state index contributed by atoms with van der Waals surface area (Å²) >= 11 is 0. The molecule has 0 aliphatic carbocycles. The molecule has 1 fully saturated rings. The molecule has 0 unspecified atom stereocenters. The first kappa shape index (κ1) is 10.5. The van der Waals surface area contributed by atoms with E-state index in [9.17, 15) is 0 Å². The molecule has 1 saturated heterocycles. The summed E-state index contributed by atoms with van der Waals surface area (Å²) < 4.78 is 5.34. The molecule has 90 valence electrons. The van der Waals surface area contributed by atoms with Gasteiger partial charge in [0.25, 0.3) is 0 Å². The number of anilines is 1. The van der Waals surface area contributed by atoms with Crippen molar-refractivity contribution in [1.82, 2.24) is 15.2 Å². The molecule has 5 nitrogen and oxygen atoms in total. The number of aromatic amines is 1. The molecule has 0 atom stereocenters. The lowest BCUT2D eigenvalue weighted by Crippen LogP contribution is -2.36. The monoisotopic (exact) mass is 232 g/mol. The molecule has 2 aromatic rings. The lowest BCUT2D eigenvalue weighted by Gasteiger charge is -2.27. The number of ether oxygens (including phenoxy) is 1. The molecule has 5 heteroatoms. The van der Waals surface area contributed by atoms with Crippen LogP contribution in [-0.4, -0.2) is 41.5 Å². The second-order valence-electron chi connectivity index (χ2n) is 4.20. The largest absolute Gasteiger partial charge is 0.378 e. The lowest BCUT2D eigenvalue weighted by molar-refractivity contribution is 0.122. The van der Waals surface area contributed by atoms with E-state index in [0.29, 0.717) is 0 Å². The number of aromatic nitrogens is 3. The van der Waals surface area contributed by atoms with Crippen LogP contribution in [0.25, 0.3) is 11.0 Å². The standard InChI is InChI=1S/C12H16N4O/c1-2-10-9-3-4-11(13-12(9)15-14-10)16-5-7-17-8-6-16/h3-4H,2,5-8H2,1H3,(H,13,14,15). The Balaban J connectivity index is 1.95. The van der Waals surface area contributed by atoms with Gasteiger partial charge in [-0.1, -0.05) is 6.92 Å². The molecule has 0 bridgehead atoms. The van der Waals surface area contributed by atoms with Crippen molar-refractivity contribution in [3.63, 3.8) is 0 Å². The topological polar surface area (TPSA) is 54.0 Å². The summed E-state index contributed by atoms with van der Waals surface area (Å²) in [6.45, 7) is 5.48. The van der Waals surface area contributed by atoms with E-state index in [4.69, 9.17) is 4.74 Å². The Kier molecular flexibility index (Phi) is 2.68. The third-order valence-electron chi connectivity index (χ3n) is 3.17. The molecule has 3 heterocycles. The van der Waals surface area contributed by atoms with Gasteiger partial charge in [0.2, 0.25) is 0 Å². The van der Waals surface area contributed by atoms with Gasteiger partial charge in [-0.3, -0.25) is 5.10 Å². The molecule has 1 aliphatic rings. The minimum atomic E-state index is 0.778. The molecular formula is C12H16N4O. The third-order valence-corrected chi connectivity index (χ3v) is 3.17. The number of morpholine rings is 1. The van der Waals surface area contributed by atoms with Crippen LogP contribution in [0.3, 0.4) is 0 Å². The summed E-state index contributed by atoms with van der Waals surface area (Å²) in [7, 11) is 0. The molecule has 0 amide bonds. The molecule has 1 N–H and O–H groups in total. The highest BCUT2D eigenvalue weighted by atomic mass is 16.5. The summed E-state index contributed by atoms with van der Waals surface area (Å²) in [5.74, 6) is 0.995. The van der Waals surface area contributed by atoms with E-state index in [1.165, 1.54) is 0 Å². The Hall–Kier alpha value is -1.62. The summed E-state index contributed by atoms with van der Waals surface area (Å²) in [6.07, 6.45) is 0.953. The molecular weight excluding hydrogens is 216 g/mol. The Bertz CT molecular complexity index is 516. The lowest BCUT2D eigenvalue weighted by atomic mass is 10.2. The van der Waals surface area contributed by atoms with Crippen LogP contribution in [0.15, 0.2) is 12.1 Å². The van der Waals surface area contributed by atoms with E-state index < -0.39 is 0 Å². The Morgan fingerprint density at radius 2 is 2.18 bits per heavy atom. The van der Waals surface area contributed by atoms with Crippen molar-refractivity contribution in [2.45, 2.75) is 13.3 Å². The van der Waals surface area contributed by atoms with Gasteiger partial charge in [0, 0.05) is 24.2 Å². The predicted molar refractivity (Wildman–Crippen MR) is 66.3 cm³/mol. The summed E-state index contributed by atoms with van der Waals surface area (Å²) in [4.78, 5) is 6.83. The van der Waals surface area contributed by atoms with Crippen molar-refractivity contribution in [3.8, 4) is 0 Å². The molecule has 0 spiro atoms. The molecule has 3 rings (SSSR count). The number of nitrogens with zero attached hydrogens (tertiary/aromatic N) is 3. The van der Waals surface area contributed by atoms with Gasteiger partial charge in [-0.15, -0.1) is 0 Å². The van der Waals surface area contributed by atoms with E-state index in [1.807, 2.05) is 0 Å². The molecule has 17 heavy (non-hydrogen) atoms. The highest BCUT2D eigenvalue weighted by molar-refractivity contribution is 5.79. The van der Waals surface area contributed by atoms with Crippen LogP contribution in [-0.2, 0) is 11.2 Å². The molecule has 1 aliphatic heterocycles. The second-order valence-corrected chi connectivity index (χ2v) is 4.20. The second kappa shape index (κ2) is 4.33. The number of hydrogen-bond donors (Lipinski definition) is 1. The van der Waals surface area contributed by atoms with Crippen LogP contribution >= 0.6 is 0 Å². The van der Waals surface area contributed by atoms with Gasteiger partial charge in [0.15, 0.2) is 5.65 Å². The number of pyridine rings is 1. The fourth-order valence-corrected chi connectivity index (χ4v) is 2.18. The van der Waals surface area contributed by atoms with Gasteiger partial charge in [0.05, 0.1) is 13.2 Å². The fraction of sp³-hybridized carbons (Fsp3) is 0.500. The highest BCUT2D eigenvalue weighted by Crippen LogP contribution is 2.20. The minimum Gasteiger partial charge on any atom is -0.378 e. The quantitative estimate of drug-likeness (QED) is 0.849.